The zero-order valence-electron chi connectivity index (χ0n) is 16.0. The van der Waals surface area contributed by atoms with Gasteiger partial charge in [-0.1, -0.05) is 17.7 Å². The van der Waals surface area contributed by atoms with Gasteiger partial charge in [0.15, 0.2) is 11.5 Å². The van der Waals surface area contributed by atoms with Gasteiger partial charge >= 0.3 is 0 Å². The van der Waals surface area contributed by atoms with Gasteiger partial charge in [0.05, 0.1) is 17.6 Å². The molecule has 7 nitrogen and oxygen atoms in total. The van der Waals surface area contributed by atoms with Crippen molar-refractivity contribution in [2.24, 2.45) is 0 Å². The summed E-state index contributed by atoms with van der Waals surface area (Å²) >= 11 is 0. The number of hydrogen-bond acceptors (Lipinski definition) is 4. The van der Waals surface area contributed by atoms with Crippen LogP contribution in [-0.4, -0.2) is 30.5 Å². The van der Waals surface area contributed by atoms with Crippen molar-refractivity contribution in [1.29, 1.82) is 0 Å². The molecule has 0 saturated heterocycles. The van der Waals surface area contributed by atoms with Crippen LogP contribution in [0, 0.1) is 6.92 Å². The lowest BCUT2D eigenvalue weighted by atomic mass is 10.2. The third-order valence-electron chi connectivity index (χ3n) is 5.17. The van der Waals surface area contributed by atoms with Crippen molar-refractivity contribution in [2.45, 2.75) is 26.2 Å². The van der Waals surface area contributed by atoms with E-state index < -0.39 is 0 Å². The van der Waals surface area contributed by atoms with Crippen LogP contribution in [0.3, 0.4) is 0 Å². The van der Waals surface area contributed by atoms with Crippen molar-refractivity contribution in [3.05, 3.63) is 83.6 Å². The minimum Gasteiger partial charge on any atom is -0.319 e. The van der Waals surface area contributed by atoms with E-state index in [2.05, 4.69) is 39.6 Å². The standard InChI is InChI=1S/C22H20N6O/c1-15-6-9-17(10-7-15)28-19-5-2-4-18(19)21(26-28)22(29)25-16-8-11-20(23-14-16)27-13-3-12-24-27/h3,6-14H,2,4-5H2,1H3,(H,25,29). The Balaban J connectivity index is 1.41. The third-order valence-corrected chi connectivity index (χ3v) is 5.17. The van der Waals surface area contributed by atoms with E-state index >= 15 is 0 Å². The van der Waals surface area contributed by atoms with Crippen molar-refractivity contribution in [1.82, 2.24) is 24.5 Å². The molecule has 1 N–H and O–H groups in total. The molecule has 0 aliphatic heterocycles. The second kappa shape index (κ2) is 7.01. The van der Waals surface area contributed by atoms with Crippen molar-refractivity contribution in [3.8, 4) is 11.5 Å². The highest BCUT2D eigenvalue weighted by Crippen LogP contribution is 2.28. The molecule has 0 spiro atoms. The predicted octanol–water partition coefficient (Wildman–Crippen LogP) is 3.50. The Bertz CT molecular complexity index is 1160. The van der Waals surface area contributed by atoms with Gasteiger partial charge in [-0.05, 0) is 56.5 Å². The number of fused-ring (bicyclic) bond motifs is 1. The van der Waals surface area contributed by atoms with E-state index in [0.29, 0.717) is 17.2 Å². The first-order valence-electron chi connectivity index (χ1n) is 9.64. The summed E-state index contributed by atoms with van der Waals surface area (Å²) in [4.78, 5) is 17.3. The lowest BCUT2D eigenvalue weighted by molar-refractivity contribution is 0.102. The Hall–Kier alpha value is -3.74. The molecule has 29 heavy (non-hydrogen) atoms. The molecular formula is C22H20N6O. The van der Waals surface area contributed by atoms with Crippen molar-refractivity contribution >= 4 is 11.6 Å². The molecule has 5 rings (SSSR count). The van der Waals surface area contributed by atoms with Crippen LogP contribution in [0.15, 0.2) is 61.1 Å². The zero-order valence-corrected chi connectivity index (χ0v) is 16.0. The second-order valence-corrected chi connectivity index (χ2v) is 7.18. The van der Waals surface area contributed by atoms with Gasteiger partial charge < -0.3 is 5.32 Å². The van der Waals surface area contributed by atoms with Crippen LogP contribution in [0.2, 0.25) is 0 Å². The molecule has 0 atom stereocenters. The molecule has 0 unspecified atom stereocenters. The SMILES string of the molecule is Cc1ccc(-n2nc(C(=O)Nc3ccc(-n4cccn4)nc3)c3c2CCC3)cc1. The third kappa shape index (κ3) is 3.20. The largest absolute Gasteiger partial charge is 0.319 e. The number of nitrogens with zero attached hydrogens (tertiary/aromatic N) is 5. The molecule has 0 bridgehead atoms. The summed E-state index contributed by atoms with van der Waals surface area (Å²) in [6.07, 6.45) is 8.00. The van der Waals surface area contributed by atoms with Crippen LogP contribution in [0.1, 0.15) is 33.7 Å². The van der Waals surface area contributed by atoms with E-state index in [1.54, 1.807) is 17.1 Å². The van der Waals surface area contributed by atoms with Gasteiger partial charge in [-0.15, -0.1) is 0 Å². The molecule has 144 valence electrons. The van der Waals surface area contributed by atoms with Crippen LogP contribution < -0.4 is 5.32 Å². The number of nitrogens with one attached hydrogen (secondary N) is 1. The fourth-order valence-corrected chi connectivity index (χ4v) is 3.71. The van der Waals surface area contributed by atoms with Crippen LogP contribution in [0.5, 0.6) is 0 Å². The predicted molar refractivity (Wildman–Crippen MR) is 110 cm³/mol. The Labute approximate surface area is 168 Å². The first-order valence-corrected chi connectivity index (χ1v) is 9.64. The fourth-order valence-electron chi connectivity index (χ4n) is 3.71. The molecule has 4 aromatic rings. The fraction of sp³-hybridized carbons (Fsp3) is 0.182. The molecule has 0 saturated carbocycles. The topological polar surface area (TPSA) is 77.6 Å². The maximum absolute atomic E-state index is 13.0. The van der Waals surface area contributed by atoms with Gasteiger partial charge in [-0.25, -0.2) is 14.3 Å². The highest BCUT2D eigenvalue weighted by atomic mass is 16.2. The molecule has 0 radical (unpaired) electrons. The molecular weight excluding hydrogens is 364 g/mol. The van der Waals surface area contributed by atoms with E-state index in [4.69, 9.17) is 0 Å². The van der Waals surface area contributed by atoms with Crippen LogP contribution in [-0.2, 0) is 12.8 Å². The zero-order chi connectivity index (χ0) is 19.8. The van der Waals surface area contributed by atoms with E-state index in [-0.39, 0.29) is 5.91 Å². The number of amides is 1. The summed E-state index contributed by atoms with van der Waals surface area (Å²) in [5.41, 5.74) is 5.48. The molecule has 7 heteroatoms. The van der Waals surface area contributed by atoms with Gasteiger partial charge in [-0.2, -0.15) is 10.2 Å². The van der Waals surface area contributed by atoms with Crippen molar-refractivity contribution in [3.63, 3.8) is 0 Å². The van der Waals surface area contributed by atoms with E-state index in [9.17, 15) is 4.79 Å². The quantitative estimate of drug-likeness (QED) is 0.584. The summed E-state index contributed by atoms with van der Waals surface area (Å²) < 4.78 is 3.58. The molecule has 1 aliphatic carbocycles. The molecule has 3 aromatic heterocycles. The smallest absolute Gasteiger partial charge is 0.276 e. The monoisotopic (exact) mass is 384 g/mol. The molecule has 0 fully saturated rings. The van der Waals surface area contributed by atoms with E-state index in [0.717, 1.165) is 36.2 Å². The van der Waals surface area contributed by atoms with Crippen LogP contribution in [0.25, 0.3) is 11.5 Å². The number of aryl methyl sites for hydroxylation is 1. The maximum atomic E-state index is 13.0. The lowest BCUT2D eigenvalue weighted by Crippen LogP contribution is -2.15. The first-order chi connectivity index (χ1) is 14.2. The highest BCUT2D eigenvalue weighted by Gasteiger charge is 2.27. The van der Waals surface area contributed by atoms with Crippen LogP contribution >= 0.6 is 0 Å². The summed E-state index contributed by atoms with van der Waals surface area (Å²) in [6, 6.07) is 13.7. The Morgan fingerprint density at radius 3 is 2.69 bits per heavy atom. The Morgan fingerprint density at radius 2 is 1.97 bits per heavy atom. The normalized spacial score (nSPS) is 12.7. The number of benzene rings is 1. The average molecular weight is 384 g/mol. The van der Waals surface area contributed by atoms with Gasteiger partial charge in [0.1, 0.15) is 0 Å². The average Bonchev–Trinajstić information content (AvgIpc) is 3.47. The number of carbonyl (C=O) groups is 1. The summed E-state index contributed by atoms with van der Waals surface area (Å²) in [7, 11) is 0. The highest BCUT2D eigenvalue weighted by molar-refractivity contribution is 6.04. The van der Waals surface area contributed by atoms with Gasteiger partial charge in [0, 0.05) is 23.7 Å². The maximum Gasteiger partial charge on any atom is 0.276 e. The molecule has 1 aliphatic rings. The summed E-state index contributed by atoms with van der Waals surface area (Å²) in [5, 5.41) is 11.7. The minimum absolute atomic E-state index is 0.206. The number of anilines is 1. The van der Waals surface area contributed by atoms with Gasteiger partial charge in [-0.3, -0.25) is 4.79 Å². The lowest BCUT2D eigenvalue weighted by Gasteiger charge is -2.06. The molecule has 1 amide bonds. The summed E-state index contributed by atoms with van der Waals surface area (Å²) in [6.45, 7) is 2.06. The number of aromatic nitrogens is 5. The van der Waals surface area contributed by atoms with E-state index in [1.807, 2.05) is 41.2 Å². The van der Waals surface area contributed by atoms with Gasteiger partial charge in [0.25, 0.3) is 5.91 Å². The number of carbonyl (C=O) groups excluding carboxylic acids is 1. The number of hydrogen-bond donors (Lipinski definition) is 1. The Kier molecular flexibility index (Phi) is 4.20. The molecule has 1 aromatic carbocycles. The number of pyridine rings is 1. The molecule has 3 heterocycles. The van der Waals surface area contributed by atoms with Crippen molar-refractivity contribution < 1.29 is 4.79 Å². The van der Waals surface area contributed by atoms with Crippen LogP contribution in [0.4, 0.5) is 5.69 Å². The Morgan fingerprint density at radius 1 is 1.10 bits per heavy atom. The summed E-state index contributed by atoms with van der Waals surface area (Å²) in [5.74, 6) is 0.486. The minimum atomic E-state index is -0.206. The van der Waals surface area contributed by atoms with E-state index in [1.165, 1.54) is 5.56 Å². The number of rotatable bonds is 4. The second-order valence-electron chi connectivity index (χ2n) is 7.18. The van der Waals surface area contributed by atoms with Gasteiger partial charge in [0.2, 0.25) is 0 Å². The first kappa shape index (κ1) is 17.4. The van der Waals surface area contributed by atoms with Crippen molar-refractivity contribution in [2.75, 3.05) is 5.32 Å².